The normalized spacial score (nSPS) is 14.3. The van der Waals surface area contributed by atoms with Gasteiger partial charge in [-0.3, -0.25) is 4.79 Å². The number of piperazine rings is 1. The number of carbonyl (C=O) groups excluding carboxylic acids is 1. The van der Waals surface area contributed by atoms with E-state index < -0.39 is 0 Å². The van der Waals surface area contributed by atoms with Gasteiger partial charge in [0, 0.05) is 36.9 Å². The second-order valence-electron chi connectivity index (χ2n) is 5.90. The summed E-state index contributed by atoms with van der Waals surface area (Å²) < 4.78 is 5.43. The van der Waals surface area contributed by atoms with Crippen molar-refractivity contribution in [3.8, 4) is 5.75 Å². The molecular weight excluding hydrogens is 338 g/mol. The highest BCUT2D eigenvalue weighted by atomic mass is 35.5. The molecule has 0 aromatic heterocycles. The van der Waals surface area contributed by atoms with E-state index in [1.165, 1.54) is 0 Å². The predicted molar refractivity (Wildman–Crippen MR) is 102 cm³/mol. The summed E-state index contributed by atoms with van der Waals surface area (Å²) in [6.45, 7) is 3.27. The van der Waals surface area contributed by atoms with E-state index in [1.807, 2.05) is 47.4 Å². The number of ether oxygens (including phenoxy) is 1. The fourth-order valence-electron chi connectivity index (χ4n) is 2.98. The van der Waals surface area contributed by atoms with Crippen LogP contribution < -0.4 is 15.0 Å². The van der Waals surface area contributed by atoms with Gasteiger partial charge in [-0.25, -0.2) is 0 Å². The molecule has 6 heteroatoms. The van der Waals surface area contributed by atoms with Gasteiger partial charge in [0.2, 0.25) is 5.91 Å². The van der Waals surface area contributed by atoms with Crippen LogP contribution in [0.4, 0.5) is 11.4 Å². The lowest BCUT2D eigenvalue weighted by molar-refractivity contribution is -0.129. The average Bonchev–Trinajstić information content (AvgIpc) is 2.66. The number of hydrogen-bond acceptors (Lipinski definition) is 4. The molecular formula is C19H22ClN3O2. The summed E-state index contributed by atoms with van der Waals surface area (Å²) in [5, 5.41) is 3.79. The molecule has 1 aliphatic heterocycles. The fraction of sp³-hybridized carbons (Fsp3) is 0.316. The van der Waals surface area contributed by atoms with E-state index in [0.717, 1.165) is 30.2 Å². The maximum Gasteiger partial charge on any atom is 0.241 e. The zero-order chi connectivity index (χ0) is 17.6. The third kappa shape index (κ3) is 4.37. The van der Waals surface area contributed by atoms with Crippen molar-refractivity contribution in [3.63, 3.8) is 0 Å². The molecule has 1 saturated heterocycles. The molecule has 1 heterocycles. The molecule has 0 radical (unpaired) electrons. The Balaban J connectivity index is 1.52. The van der Waals surface area contributed by atoms with Crippen LogP contribution in [0.1, 0.15) is 0 Å². The summed E-state index contributed by atoms with van der Waals surface area (Å²) >= 11 is 5.96. The van der Waals surface area contributed by atoms with E-state index in [-0.39, 0.29) is 12.5 Å². The zero-order valence-electron chi connectivity index (χ0n) is 14.2. The number of amides is 1. The van der Waals surface area contributed by atoms with Gasteiger partial charge in [-0.05, 0) is 30.3 Å². The molecule has 3 rings (SSSR count). The number of nitrogens with zero attached hydrogens (tertiary/aromatic N) is 2. The molecule has 2 aromatic rings. The van der Waals surface area contributed by atoms with Gasteiger partial charge < -0.3 is 19.9 Å². The van der Waals surface area contributed by atoms with Crippen LogP contribution in [0, 0.1) is 0 Å². The number of halogens is 1. The van der Waals surface area contributed by atoms with Crippen molar-refractivity contribution in [3.05, 3.63) is 53.6 Å². The Morgan fingerprint density at radius 2 is 1.88 bits per heavy atom. The van der Waals surface area contributed by atoms with Gasteiger partial charge in [-0.15, -0.1) is 0 Å². The van der Waals surface area contributed by atoms with Crippen LogP contribution in [0.15, 0.2) is 48.5 Å². The molecule has 0 aliphatic carbocycles. The lowest BCUT2D eigenvalue weighted by Crippen LogP contribution is -2.50. The van der Waals surface area contributed by atoms with Crippen LogP contribution in [0.5, 0.6) is 5.75 Å². The summed E-state index contributed by atoms with van der Waals surface area (Å²) in [5.74, 6) is 0.963. The largest absolute Gasteiger partial charge is 0.495 e. The number of methoxy groups -OCH3 is 1. The highest BCUT2D eigenvalue weighted by Gasteiger charge is 2.22. The number of hydrogen-bond donors (Lipinski definition) is 1. The topological polar surface area (TPSA) is 44.8 Å². The molecule has 5 nitrogen and oxygen atoms in total. The molecule has 0 unspecified atom stereocenters. The zero-order valence-corrected chi connectivity index (χ0v) is 15.0. The summed E-state index contributed by atoms with van der Waals surface area (Å²) in [6, 6.07) is 15.4. The Morgan fingerprint density at radius 1 is 1.12 bits per heavy atom. The predicted octanol–water partition coefficient (Wildman–Crippen LogP) is 3.11. The monoisotopic (exact) mass is 359 g/mol. The van der Waals surface area contributed by atoms with Crippen LogP contribution in [0.25, 0.3) is 0 Å². The molecule has 0 atom stereocenters. The van der Waals surface area contributed by atoms with Crippen LogP contribution in [-0.2, 0) is 4.79 Å². The molecule has 0 bridgehead atoms. The lowest BCUT2D eigenvalue weighted by Gasteiger charge is -2.36. The smallest absolute Gasteiger partial charge is 0.241 e. The SMILES string of the molecule is COc1ccccc1N1CCN(C(=O)CNc2cccc(Cl)c2)CC1. The van der Waals surface area contributed by atoms with E-state index in [4.69, 9.17) is 16.3 Å². The minimum Gasteiger partial charge on any atom is -0.495 e. The van der Waals surface area contributed by atoms with E-state index >= 15 is 0 Å². The first-order valence-corrected chi connectivity index (χ1v) is 8.70. The van der Waals surface area contributed by atoms with Crippen molar-refractivity contribution in [1.29, 1.82) is 0 Å². The first kappa shape index (κ1) is 17.4. The Hall–Kier alpha value is -2.40. The minimum atomic E-state index is 0.0969. The van der Waals surface area contributed by atoms with E-state index in [0.29, 0.717) is 18.1 Å². The molecule has 1 amide bonds. The Labute approximate surface area is 153 Å². The number of rotatable bonds is 5. The van der Waals surface area contributed by atoms with Gasteiger partial charge in [0.25, 0.3) is 0 Å². The molecule has 0 saturated carbocycles. The van der Waals surface area contributed by atoms with Gasteiger partial charge in [0.05, 0.1) is 19.3 Å². The summed E-state index contributed by atoms with van der Waals surface area (Å²) in [5.41, 5.74) is 1.93. The number of benzene rings is 2. The molecule has 132 valence electrons. The fourth-order valence-corrected chi connectivity index (χ4v) is 3.17. The Kier molecular flexibility index (Phi) is 5.66. The first-order chi connectivity index (χ1) is 12.2. The van der Waals surface area contributed by atoms with E-state index in [1.54, 1.807) is 7.11 Å². The van der Waals surface area contributed by atoms with Crippen LogP contribution >= 0.6 is 11.6 Å². The maximum absolute atomic E-state index is 12.4. The minimum absolute atomic E-state index is 0.0969. The van der Waals surface area contributed by atoms with E-state index in [9.17, 15) is 4.79 Å². The highest BCUT2D eigenvalue weighted by Crippen LogP contribution is 2.28. The standard InChI is InChI=1S/C19H22ClN3O2/c1-25-18-8-3-2-7-17(18)22-9-11-23(12-10-22)19(24)14-21-16-6-4-5-15(20)13-16/h2-8,13,21H,9-12,14H2,1H3. The van der Waals surface area contributed by atoms with Crippen molar-refractivity contribution in [2.45, 2.75) is 0 Å². The van der Waals surface area contributed by atoms with Crippen molar-refractivity contribution in [1.82, 2.24) is 4.90 Å². The second kappa shape index (κ2) is 8.12. The third-order valence-electron chi connectivity index (χ3n) is 4.33. The second-order valence-corrected chi connectivity index (χ2v) is 6.34. The number of nitrogens with one attached hydrogen (secondary N) is 1. The molecule has 25 heavy (non-hydrogen) atoms. The number of para-hydroxylation sites is 2. The van der Waals surface area contributed by atoms with Crippen LogP contribution in [0.2, 0.25) is 5.02 Å². The number of anilines is 2. The first-order valence-electron chi connectivity index (χ1n) is 8.32. The summed E-state index contributed by atoms with van der Waals surface area (Å²) in [6.07, 6.45) is 0. The summed E-state index contributed by atoms with van der Waals surface area (Å²) in [4.78, 5) is 16.6. The van der Waals surface area contributed by atoms with Crippen molar-refractivity contribution >= 4 is 28.9 Å². The van der Waals surface area contributed by atoms with Gasteiger partial charge in [0.1, 0.15) is 5.75 Å². The maximum atomic E-state index is 12.4. The lowest BCUT2D eigenvalue weighted by atomic mass is 10.2. The summed E-state index contributed by atoms with van der Waals surface area (Å²) in [7, 11) is 1.68. The number of carbonyl (C=O) groups is 1. The van der Waals surface area contributed by atoms with Crippen molar-refractivity contribution in [2.75, 3.05) is 50.1 Å². The molecule has 1 aliphatic rings. The third-order valence-corrected chi connectivity index (χ3v) is 4.56. The molecule has 0 spiro atoms. The molecule has 1 N–H and O–H groups in total. The highest BCUT2D eigenvalue weighted by molar-refractivity contribution is 6.30. The Bertz CT molecular complexity index is 730. The van der Waals surface area contributed by atoms with Crippen molar-refractivity contribution < 1.29 is 9.53 Å². The van der Waals surface area contributed by atoms with Crippen LogP contribution in [0.3, 0.4) is 0 Å². The van der Waals surface area contributed by atoms with Gasteiger partial charge >= 0.3 is 0 Å². The van der Waals surface area contributed by atoms with Crippen LogP contribution in [-0.4, -0.2) is 50.6 Å². The van der Waals surface area contributed by atoms with Crippen molar-refractivity contribution in [2.24, 2.45) is 0 Å². The molecule has 2 aromatic carbocycles. The Morgan fingerprint density at radius 3 is 2.60 bits per heavy atom. The molecule has 1 fully saturated rings. The van der Waals surface area contributed by atoms with Gasteiger partial charge in [-0.1, -0.05) is 29.8 Å². The van der Waals surface area contributed by atoms with Gasteiger partial charge in [0.15, 0.2) is 0 Å². The average molecular weight is 360 g/mol. The van der Waals surface area contributed by atoms with Gasteiger partial charge in [-0.2, -0.15) is 0 Å². The quantitative estimate of drug-likeness (QED) is 0.891. The van der Waals surface area contributed by atoms with E-state index in [2.05, 4.69) is 16.3 Å².